The summed E-state index contributed by atoms with van der Waals surface area (Å²) in [7, 11) is 0. The van der Waals surface area contributed by atoms with Gasteiger partial charge in [0.25, 0.3) is 0 Å². The maximum absolute atomic E-state index is 14.1. The van der Waals surface area contributed by atoms with Crippen LogP contribution in [0, 0.1) is 25.5 Å². The molecular weight excluding hydrogens is 272 g/mol. The minimum absolute atomic E-state index is 0.121. The number of rotatable bonds is 1. The molecule has 2 aromatic rings. The predicted octanol–water partition coefficient (Wildman–Crippen LogP) is 4.06. The molecule has 2 aromatic carbocycles. The van der Waals surface area contributed by atoms with E-state index in [1.165, 1.54) is 6.07 Å². The van der Waals surface area contributed by atoms with Crippen molar-refractivity contribution in [3.05, 3.63) is 64.2 Å². The molecule has 1 amide bonds. The lowest BCUT2D eigenvalue weighted by Gasteiger charge is -2.27. The van der Waals surface area contributed by atoms with E-state index in [1.807, 2.05) is 26.0 Å². The molecule has 2 nitrogen and oxygen atoms in total. The van der Waals surface area contributed by atoms with E-state index < -0.39 is 17.6 Å². The van der Waals surface area contributed by atoms with E-state index in [2.05, 4.69) is 5.32 Å². The minimum Gasteiger partial charge on any atom is -0.326 e. The average molecular weight is 287 g/mol. The lowest BCUT2D eigenvalue weighted by atomic mass is 9.83. The lowest BCUT2D eigenvalue weighted by Crippen LogP contribution is -2.24. The van der Waals surface area contributed by atoms with Gasteiger partial charge >= 0.3 is 0 Å². The van der Waals surface area contributed by atoms with Crippen LogP contribution in [0.2, 0.25) is 0 Å². The summed E-state index contributed by atoms with van der Waals surface area (Å²) in [6, 6.07) is 7.20. The van der Waals surface area contributed by atoms with E-state index in [1.54, 1.807) is 0 Å². The summed E-state index contributed by atoms with van der Waals surface area (Å²) < 4.78 is 27.5. The number of hydrogen-bond donors (Lipinski definition) is 1. The number of amides is 1. The number of aryl methyl sites for hydroxylation is 2. The first-order chi connectivity index (χ1) is 9.95. The van der Waals surface area contributed by atoms with Crippen molar-refractivity contribution < 1.29 is 13.6 Å². The number of halogens is 2. The van der Waals surface area contributed by atoms with Gasteiger partial charge in [-0.15, -0.1) is 0 Å². The molecule has 108 valence electrons. The van der Waals surface area contributed by atoms with E-state index in [0.29, 0.717) is 5.69 Å². The molecule has 1 heterocycles. The second-order valence-corrected chi connectivity index (χ2v) is 5.49. The monoisotopic (exact) mass is 287 g/mol. The second-order valence-electron chi connectivity index (χ2n) is 5.49. The third-order valence-corrected chi connectivity index (χ3v) is 4.04. The summed E-state index contributed by atoms with van der Waals surface area (Å²) in [5.41, 5.74) is 3.86. The first kappa shape index (κ1) is 13.7. The van der Waals surface area contributed by atoms with Crippen LogP contribution in [0.5, 0.6) is 0 Å². The topological polar surface area (TPSA) is 29.1 Å². The molecule has 0 saturated heterocycles. The molecule has 0 unspecified atom stereocenters. The Morgan fingerprint density at radius 2 is 1.76 bits per heavy atom. The summed E-state index contributed by atoms with van der Waals surface area (Å²) in [5.74, 6) is -1.62. The zero-order valence-electron chi connectivity index (χ0n) is 11.8. The Labute approximate surface area is 121 Å². The summed E-state index contributed by atoms with van der Waals surface area (Å²) in [6.07, 6.45) is 0.121. The Kier molecular flexibility index (Phi) is 3.24. The van der Waals surface area contributed by atoms with Gasteiger partial charge < -0.3 is 5.32 Å². The molecule has 1 aliphatic heterocycles. The maximum Gasteiger partial charge on any atom is 0.225 e. The van der Waals surface area contributed by atoms with Crippen molar-refractivity contribution in [2.24, 2.45) is 0 Å². The maximum atomic E-state index is 14.1. The minimum atomic E-state index is -0.497. The highest BCUT2D eigenvalue weighted by molar-refractivity contribution is 5.95. The van der Waals surface area contributed by atoms with Crippen molar-refractivity contribution in [3.8, 4) is 0 Å². The number of carbonyl (C=O) groups excluding carboxylic acids is 1. The molecule has 0 bridgehead atoms. The molecule has 1 atom stereocenters. The normalized spacial score (nSPS) is 17.3. The smallest absolute Gasteiger partial charge is 0.225 e. The third-order valence-electron chi connectivity index (χ3n) is 4.04. The van der Waals surface area contributed by atoms with Crippen molar-refractivity contribution in [2.45, 2.75) is 26.2 Å². The highest BCUT2D eigenvalue weighted by atomic mass is 19.1. The van der Waals surface area contributed by atoms with Crippen molar-refractivity contribution >= 4 is 11.6 Å². The Morgan fingerprint density at radius 3 is 2.52 bits per heavy atom. The van der Waals surface area contributed by atoms with Gasteiger partial charge in [0.1, 0.15) is 11.6 Å². The molecular formula is C17H15F2NO. The van der Waals surface area contributed by atoms with E-state index in [0.717, 1.165) is 28.8 Å². The Hall–Kier alpha value is -2.23. The van der Waals surface area contributed by atoms with Crippen LogP contribution in [0.25, 0.3) is 0 Å². The van der Waals surface area contributed by atoms with Crippen LogP contribution in [0.15, 0.2) is 30.3 Å². The zero-order valence-corrected chi connectivity index (χ0v) is 11.8. The van der Waals surface area contributed by atoms with Crippen molar-refractivity contribution in [2.75, 3.05) is 5.32 Å². The molecule has 4 heteroatoms. The van der Waals surface area contributed by atoms with Gasteiger partial charge in [0.05, 0.1) is 0 Å². The van der Waals surface area contributed by atoms with Crippen LogP contribution in [-0.2, 0) is 4.79 Å². The van der Waals surface area contributed by atoms with Crippen LogP contribution in [0.4, 0.5) is 14.5 Å². The highest BCUT2D eigenvalue weighted by Gasteiger charge is 2.29. The molecule has 0 saturated carbocycles. The number of hydrogen-bond acceptors (Lipinski definition) is 1. The fraction of sp³-hybridized carbons (Fsp3) is 0.235. The molecule has 3 rings (SSSR count). The fourth-order valence-electron chi connectivity index (χ4n) is 2.79. The fourth-order valence-corrected chi connectivity index (χ4v) is 2.79. The molecule has 0 fully saturated rings. The van der Waals surface area contributed by atoms with Gasteiger partial charge in [0.15, 0.2) is 0 Å². The first-order valence-corrected chi connectivity index (χ1v) is 6.81. The molecule has 0 aliphatic carbocycles. The Morgan fingerprint density at radius 1 is 1.05 bits per heavy atom. The van der Waals surface area contributed by atoms with E-state index in [-0.39, 0.29) is 17.9 Å². The number of benzene rings is 2. The number of nitrogens with one attached hydrogen (secondary N) is 1. The van der Waals surface area contributed by atoms with Gasteiger partial charge in [-0.05, 0) is 60.4 Å². The van der Waals surface area contributed by atoms with Crippen molar-refractivity contribution in [1.82, 2.24) is 0 Å². The van der Waals surface area contributed by atoms with Crippen LogP contribution in [-0.4, -0.2) is 5.91 Å². The molecule has 0 radical (unpaired) electrons. The zero-order chi connectivity index (χ0) is 15.1. The summed E-state index contributed by atoms with van der Waals surface area (Å²) >= 11 is 0. The number of carbonyl (C=O) groups is 1. The second kappa shape index (κ2) is 4.95. The summed E-state index contributed by atoms with van der Waals surface area (Å²) in [6.45, 7) is 3.92. The summed E-state index contributed by atoms with van der Waals surface area (Å²) in [5, 5.41) is 2.81. The van der Waals surface area contributed by atoms with E-state index in [4.69, 9.17) is 0 Å². The number of anilines is 1. The van der Waals surface area contributed by atoms with Gasteiger partial charge in [-0.1, -0.05) is 6.07 Å². The van der Waals surface area contributed by atoms with E-state index in [9.17, 15) is 13.6 Å². The SMILES string of the molecule is Cc1cc2c(cc1C)[C@@H](c1cc(F)ccc1F)CC(=O)N2. The lowest BCUT2D eigenvalue weighted by molar-refractivity contribution is -0.116. The van der Waals surface area contributed by atoms with Crippen molar-refractivity contribution in [3.63, 3.8) is 0 Å². The van der Waals surface area contributed by atoms with Gasteiger partial charge in [-0.25, -0.2) is 8.78 Å². The first-order valence-electron chi connectivity index (χ1n) is 6.81. The third kappa shape index (κ3) is 2.42. The molecule has 0 spiro atoms. The summed E-state index contributed by atoms with van der Waals surface area (Å²) in [4.78, 5) is 11.9. The Balaban J connectivity index is 2.19. The van der Waals surface area contributed by atoms with Gasteiger partial charge in [-0.3, -0.25) is 4.79 Å². The van der Waals surface area contributed by atoms with Gasteiger partial charge in [0, 0.05) is 18.0 Å². The average Bonchev–Trinajstić information content (AvgIpc) is 2.43. The van der Waals surface area contributed by atoms with Crippen LogP contribution >= 0.6 is 0 Å². The van der Waals surface area contributed by atoms with Crippen LogP contribution in [0.1, 0.15) is 34.6 Å². The molecule has 21 heavy (non-hydrogen) atoms. The van der Waals surface area contributed by atoms with Crippen LogP contribution in [0.3, 0.4) is 0 Å². The van der Waals surface area contributed by atoms with Gasteiger partial charge in [-0.2, -0.15) is 0 Å². The molecule has 0 aromatic heterocycles. The Bertz CT molecular complexity index is 740. The van der Waals surface area contributed by atoms with Crippen molar-refractivity contribution in [1.29, 1.82) is 0 Å². The predicted molar refractivity (Wildman–Crippen MR) is 77.4 cm³/mol. The van der Waals surface area contributed by atoms with E-state index >= 15 is 0 Å². The quantitative estimate of drug-likeness (QED) is 0.842. The number of fused-ring (bicyclic) bond motifs is 1. The largest absolute Gasteiger partial charge is 0.326 e. The van der Waals surface area contributed by atoms with Gasteiger partial charge in [0.2, 0.25) is 5.91 Å². The molecule has 1 aliphatic rings. The molecule has 1 N–H and O–H groups in total. The standard InChI is InChI=1S/C17H15F2NO/c1-9-5-14-12(13-7-11(18)3-4-15(13)19)8-17(21)20-16(14)6-10(9)2/h3-7,12H,8H2,1-2H3,(H,20,21)/t12-/m1/s1. The van der Waals surface area contributed by atoms with Crippen LogP contribution < -0.4 is 5.32 Å². The highest BCUT2D eigenvalue weighted by Crippen LogP contribution is 2.39.